The van der Waals surface area contributed by atoms with Gasteiger partial charge in [0.1, 0.15) is 0 Å². The van der Waals surface area contributed by atoms with Crippen molar-refractivity contribution in [1.29, 1.82) is 0 Å². The van der Waals surface area contributed by atoms with Crippen LogP contribution >= 0.6 is 0 Å². The first-order chi connectivity index (χ1) is 10.0. The number of amides is 2. The van der Waals surface area contributed by atoms with Crippen LogP contribution in [0.3, 0.4) is 0 Å². The largest absolute Gasteiger partial charge is 0.469 e. The summed E-state index contributed by atoms with van der Waals surface area (Å²) in [6.45, 7) is 0.539. The summed E-state index contributed by atoms with van der Waals surface area (Å²) in [5.41, 5.74) is 5.98. The minimum Gasteiger partial charge on any atom is -0.469 e. The molecule has 1 aromatic rings. The van der Waals surface area contributed by atoms with Crippen LogP contribution in [0, 0.1) is 0 Å². The monoisotopic (exact) mass is 292 g/mol. The molecule has 0 bridgehead atoms. The number of ether oxygens (including phenoxy) is 1. The molecule has 0 aliphatic carbocycles. The number of methoxy groups -OCH3 is 1. The third-order valence-corrected chi connectivity index (χ3v) is 3.00. The molecule has 0 fully saturated rings. The second kappa shape index (κ2) is 8.73. The lowest BCUT2D eigenvalue weighted by Crippen LogP contribution is -2.24. The molecule has 0 aromatic heterocycles. The van der Waals surface area contributed by atoms with Crippen LogP contribution in [0.1, 0.15) is 46.4 Å². The number of hydrogen-bond acceptors (Lipinski definition) is 4. The minimum absolute atomic E-state index is 0.195. The van der Waals surface area contributed by atoms with Crippen molar-refractivity contribution in [3.63, 3.8) is 0 Å². The van der Waals surface area contributed by atoms with E-state index < -0.39 is 5.91 Å². The number of esters is 1. The van der Waals surface area contributed by atoms with E-state index in [0.717, 1.165) is 19.3 Å². The number of hydrogen-bond donors (Lipinski definition) is 2. The highest BCUT2D eigenvalue weighted by Gasteiger charge is 2.06. The van der Waals surface area contributed by atoms with E-state index in [0.29, 0.717) is 24.1 Å². The van der Waals surface area contributed by atoms with E-state index in [1.807, 2.05) is 0 Å². The molecule has 2 amide bonds. The van der Waals surface area contributed by atoms with Gasteiger partial charge >= 0.3 is 5.97 Å². The lowest BCUT2D eigenvalue weighted by atomic mass is 10.1. The highest BCUT2D eigenvalue weighted by molar-refractivity contribution is 5.97. The molecular formula is C15H20N2O4. The van der Waals surface area contributed by atoms with Crippen molar-refractivity contribution in [1.82, 2.24) is 5.32 Å². The normalized spacial score (nSPS) is 9.95. The summed E-state index contributed by atoms with van der Waals surface area (Å²) < 4.78 is 4.54. The van der Waals surface area contributed by atoms with Crippen molar-refractivity contribution in [2.45, 2.75) is 25.7 Å². The Balaban J connectivity index is 2.24. The SMILES string of the molecule is COC(=O)CCCCCNC(=O)c1ccc(C(N)=O)cc1. The molecule has 1 rings (SSSR count). The van der Waals surface area contributed by atoms with Crippen molar-refractivity contribution in [2.75, 3.05) is 13.7 Å². The Morgan fingerprint density at radius 1 is 1.05 bits per heavy atom. The number of carbonyl (C=O) groups excluding carboxylic acids is 3. The average molecular weight is 292 g/mol. The van der Waals surface area contributed by atoms with Gasteiger partial charge in [-0.25, -0.2) is 0 Å². The maximum atomic E-state index is 11.8. The molecule has 3 N–H and O–H groups in total. The fourth-order valence-electron chi connectivity index (χ4n) is 1.76. The van der Waals surface area contributed by atoms with Crippen LogP contribution in [0.5, 0.6) is 0 Å². The molecule has 0 radical (unpaired) electrons. The van der Waals surface area contributed by atoms with Crippen LogP contribution in [0.15, 0.2) is 24.3 Å². The molecule has 0 spiro atoms. The zero-order valence-electron chi connectivity index (χ0n) is 12.1. The van der Waals surface area contributed by atoms with Gasteiger partial charge in [0.05, 0.1) is 7.11 Å². The first kappa shape index (κ1) is 16.7. The number of nitrogens with two attached hydrogens (primary N) is 1. The molecule has 0 atom stereocenters. The Morgan fingerprint density at radius 3 is 2.24 bits per heavy atom. The predicted octanol–water partition coefficient (Wildman–Crippen LogP) is 1.25. The molecule has 0 heterocycles. The van der Waals surface area contributed by atoms with Gasteiger partial charge in [-0.3, -0.25) is 14.4 Å². The predicted molar refractivity (Wildman–Crippen MR) is 77.8 cm³/mol. The summed E-state index contributed by atoms with van der Waals surface area (Å²) in [4.78, 5) is 33.6. The second-order valence-corrected chi connectivity index (χ2v) is 4.58. The van der Waals surface area contributed by atoms with Gasteiger partial charge in [0.2, 0.25) is 5.91 Å². The van der Waals surface area contributed by atoms with Crippen LogP contribution in [-0.2, 0) is 9.53 Å². The van der Waals surface area contributed by atoms with E-state index in [-0.39, 0.29) is 11.9 Å². The Hall–Kier alpha value is -2.37. The molecule has 6 nitrogen and oxygen atoms in total. The maximum absolute atomic E-state index is 11.8. The molecule has 0 unspecified atom stereocenters. The van der Waals surface area contributed by atoms with Crippen LogP contribution in [0.25, 0.3) is 0 Å². The van der Waals surface area contributed by atoms with E-state index in [1.165, 1.54) is 19.2 Å². The summed E-state index contributed by atoms with van der Waals surface area (Å²) in [7, 11) is 1.37. The number of carbonyl (C=O) groups is 3. The summed E-state index contributed by atoms with van der Waals surface area (Å²) in [6, 6.07) is 6.17. The van der Waals surface area contributed by atoms with Crippen LogP contribution in [0.2, 0.25) is 0 Å². The molecule has 0 saturated heterocycles. The van der Waals surface area contributed by atoms with E-state index in [1.54, 1.807) is 12.1 Å². The summed E-state index contributed by atoms with van der Waals surface area (Å²) in [6.07, 6.45) is 2.78. The topological polar surface area (TPSA) is 98.5 Å². The van der Waals surface area contributed by atoms with Gasteiger partial charge in [0.25, 0.3) is 5.91 Å². The Morgan fingerprint density at radius 2 is 1.67 bits per heavy atom. The molecule has 114 valence electrons. The summed E-state index contributed by atoms with van der Waals surface area (Å²) >= 11 is 0. The molecule has 6 heteroatoms. The van der Waals surface area contributed by atoms with Gasteiger partial charge in [-0.05, 0) is 37.1 Å². The van der Waals surface area contributed by atoms with Gasteiger partial charge in [-0.2, -0.15) is 0 Å². The lowest BCUT2D eigenvalue weighted by molar-refractivity contribution is -0.140. The van der Waals surface area contributed by atoms with Crippen LogP contribution in [-0.4, -0.2) is 31.4 Å². The van der Waals surface area contributed by atoms with E-state index in [2.05, 4.69) is 10.1 Å². The number of rotatable bonds is 8. The number of nitrogens with one attached hydrogen (secondary N) is 1. The fraction of sp³-hybridized carbons (Fsp3) is 0.400. The minimum atomic E-state index is -0.521. The first-order valence-electron chi connectivity index (χ1n) is 6.79. The Labute approximate surface area is 123 Å². The third-order valence-electron chi connectivity index (χ3n) is 3.00. The van der Waals surface area contributed by atoms with E-state index in [9.17, 15) is 14.4 Å². The molecular weight excluding hydrogens is 272 g/mol. The lowest BCUT2D eigenvalue weighted by Gasteiger charge is -2.05. The number of benzene rings is 1. The third kappa shape index (κ3) is 6.07. The van der Waals surface area contributed by atoms with Crippen LogP contribution in [0.4, 0.5) is 0 Å². The van der Waals surface area contributed by atoms with Gasteiger partial charge in [0, 0.05) is 24.1 Å². The fourth-order valence-corrected chi connectivity index (χ4v) is 1.76. The Kier molecular flexibility index (Phi) is 6.94. The molecule has 0 saturated carbocycles. The van der Waals surface area contributed by atoms with Crippen molar-refractivity contribution >= 4 is 17.8 Å². The standard InChI is InChI=1S/C15H20N2O4/c1-21-13(18)5-3-2-4-10-17-15(20)12-8-6-11(7-9-12)14(16)19/h6-9H,2-5,10H2,1H3,(H2,16,19)(H,17,20). The van der Waals surface area contributed by atoms with Crippen molar-refractivity contribution in [2.24, 2.45) is 5.73 Å². The van der Waals surface area contributed by atoms with Gasteiger partial charge in [0.15, 0.2) is 0 Å². The average Bonchev–Trinajstić information content (AvgIpc) is 2.50. The molecule has 21 heavy (non-hydrogen) atoms. The van der Waals surface area contributed by atoms with Crippen molar-refractivity contribution in [3.8, 4) is 0 Å². The zero-order valence-corrected chi connectivity index (χ0v) is 12.1. The summed E-state index contributed by atoms with van der Waals surface area (Å²) in [5.74, 6) is -0.930. The number of primary amides is 1. The van der Waals surface area contributed by atoms with E-state index in [4.69, 9.17) is 5.73 Å². The maximum Gasteiger partial charge on any atom is 0.305 e. The molecule has 0 aliphatic rings. The first-order valence-corrected chi connectivity index (χ1v) is 6.79. The van der Waals surface area contributed by atoms with Crippen molar-refractivity contribution in [3.05, 3.63) is 35.4 Å². The Bertz CT molecular complexity index is 497. The van der Waals surface area contributed by atoms with E-state index >= 15 is 0 Å². The molecule has 0 aliphatic heterocycles. The summed E-state index contributed by atoms with van der Waals surface area (Å²) in [5, 5.41) is 2.78. The van der Waals surface area contributed by atoms with Gasteiger partial charge in [-0.15, -0.1) is 0 Å². The second-order valence-electron chi connectivity index (χ2n) is 4.58. The van der Waals surface area contributed by atoms with Crippen LogP contribution < -0.4 is 11.1 Å². The smallest absolute Gasteiger partial charge is 0.305 e. The quantitative estimate of drug-likeness (QED) is 0.556. The van der Waals surface area contributed by atoms with Gasteiger partial charge < -0.3 is 15.8 Å². The highest BCUT2D eigenvalue weighted by Crippen LogP contribution is 2.04. The highest BCUT2D eigenvalue weighted by atomic mass is 16.5. The van der Waals surface area contributed by atoms with Crippen molar-refractivity contribution < 1.29 is 19.1 Å². The zero-order chi connectivity index (χ0) is 15.7. The van der Waals surface area contributed by atoms with Gasteiger partial charge in [-0.1, -0.05) is 6.42 Å². The molecule has 1 aromatic carbocycles. The number of unbranched alkanes of at least 4 members (excludes halogenated alkanes) is 2.